The molecule has 0 bridgehead atoms. The van der Waals surface area contributed by atoms with Crippen LogP contribution in [0, 0.1) is 0 Å². The van der Waals surface area contributed by atoms with Crippen molar-refractivity contribution in [2.24, 2.45) is 0 Å². The lowest BCUT2D eigenvalue weighted by atomic mass is 10.1. The SMILES string of the molecule is CCCCCCOc1cc2c(cc1NS(=O)(=O)c1ccccc1)C(=O)N(CCCC(=O)O)C2=O. The molecule has 2 aromatic rings. The number of carbonyl (C=O) groups is 3. The maximum atomic E-state index is 12.9. The van der Waals surface area contributed by atoms with Crippen LogP contribution in [0.3, 0.4) is 0 Å². The van der Waals surface area contributed by atoms with Gasteiger partial charge in [0.15, 0.2) is 0 Å². The van der Waals surface area contributed by atoms with E-state index < -0.39 is 27.8 Å². The molecule has 0 fully saturated rings. The summed E-state index contributed by atoms with van der Waals surface area (Å²) in [6, 6.07) is 10.5. The van der Waals surface area contributed by atoms with E-state index in [0.717, 1.165) is 30.6 Å². The number of ether oxygens (including phenoxy) is 1. The maximum Gasteiger partial charge on any atom is 0.303 e. The second-order valence-corrected chi connectivity index (χ2v) is 9.66. The van der Waals surface area contributed by atoms with Crippen molar-refractivity contribution < 1.29 is 32.6 Å². The van der Waals surface area contributed by atoms with Gasteiger partial charge in [-0.3, -0.25) is 24.0 Å². The number of sulfonamides is 1. The van der Waals surface area contributed by atoms with Crippen LogP contribution >= 0.6 is 0 Å². The minimum atomic E-state index is -3.97. The molecule has 1 heterocycles. The van der Waals surface area contributed by atoms with Gasteiger partial charge in [0.2, 0.25) is 0 Å². The summed E-state index contributed by atoms with van der Waals surface area (Å²) in [6.45, 7) is 2.36. The summed E-state index contributed by atoms with van der Waals surface area (Å²) in [5.41, 5.74) is 0.211. The first-order valence-electron chi connectivity index (χ1n) is 11.2. The summed E-state index contributed by atoms with van der Waals surface area (Å²) in [5, 5.41) is 8.83. The largest absolute Gasteiger partial charge is 0.491 e. The lowest BCUT2D eigenvalue weighted by molar-refractivity contribution is -0.137. The third kappa shape index (κ3) is 5.93. The number of fused-ring (bicyclic) bond motifs is 1. The summed E-state index contributed by atoms with van der Waals surface area (Å²) in [7, 11) is -3.97. The van der Waals surface area contributed by atoms with E-state index in [4.69, 9.17) is 9.84 Å². The van der Waals surface area contributed by atoms with Crippen molar-refractivity contribution >= 4 is 33.5 Å². The van der Waals surface area contributed by atoms with E-state index in [1.54, 1.807) is 18.2 Å². The Labute approximate surface area is 198 Å². The van der Waals surface area contributed by atoms with Gasteiger partial charge in [-0.25, -0.2) is 8.42 Å². The monoisotopic (exact) mass is 488 g/mol. The maximum absolute atomic E-state index is 12.9. The Hall–Kier alpha value is -3.40. The average Bonchev–Trinajstić information content (AvgIpc) is 3.03. The van der Waals surface area contributed by atoms with E-state index in [1.807, 2.05) is 0 Å². The standard InChI is InChI=1S/C24H28N2O7S/c1-2-3-4-8-14-33-21-16-19-18(23(29)26(24(19)30)13-9-12-22(27)28)15-20(21)25-34(31,32)17-10-6-5-7-11-17/h5-7,10-11,15-16,25H,2-4,8-9,12-14H2,1H3,(H,27,28). The fourth-order valence-corrected chi connectivity index (χ4v) is 4.70. The zero-order valence-corrected chi connectivity index (χ0v) is 19.8. The summed E-state index contributed by atoms with van der Waals surface area (Å²) in [4.78, 5) is 37.5. The topological polar surface area (TPSA) is 130 Å². The van der Waals surface area contributed by atoms with E-state index in [-0.39, 0.29) is 46.8 Å². The molecule has 0 aromatic heterocycles. The number of unbranched alkanes of at least 4 members (excludes halogenated alkanes) is 3. The van der Waals surface area contributed by atoms with Crippen molar-refractivity contribution in [1.29, 1.82) is 0 Å². The van der Waals surface area contributed by atoms with Crippen LogP contribution in [0.5, 0.6) is 5.75 Å². The van der Waals surface area contributed by atoms with Crippen molar-refractivity contribution in [3.63, 3.8) is 0 Å². The zero-order valence-electron chi connectivity index (χ0n) is 19.0. The third-order valence-electron chi connectivity index (χ3n) is 5.40. The number of aliphatic carboxylic acids is 1. The molecular weight excluding hydrogens is 460 g/mol. The Morgan fingerprint density at radius 2 is 1.68 bits per heavy atom. The number of anilines is 1. The molecule has 182 valence electrons. The van der Waals surface area contributed by atoms with E-state index in [0.29, 0.717) is 6.61 Å². The zero-order chi connectivity index (χ0) is 24.7. The second kappa shape index (κ2) is 11.1. The van der Waals surface area contributed by atoms with Crippen molar-refractivity contribution in [1.82, 2.24) is 4.90 Å². The van der Waals surface area contributed by atoms with Crippen molar-refractivity contribution in [3.05, 3.63) is 53.6 Å². The fourth-order valence-electron chi connectivity index (χ4n) is 3.62. The first kappa shape index (κ1) is 25.2. The van der Waals surface area contributed by atoms with Gasteiger partial charge in [-0.15, -0.1) is 0 Å². The van der Waals surface area contributed by atoms with Crippen molar-refractivity contribution in [2.45, 2.75) is 50.3 Å². The highest BCUT2D eigenvalue weighted by molar-refractivity contribution is 7.92. The predicted molar refractivity (Wildman–Crippen MR) is 126 cm³/mol. The van der Waals surface area contributed by atoms with Gasteiger partial charge in [0, 0.05) is 13.0 Å². The van der Waals surface area contributed by atoms with Gasteiger partial charge in [-0.1, -0.05) is 44.4 Å². The Kier molecular flexibility index (Phi) is 8.27. The minimum absolute atomic E-state index is 0.0436. The molecular formula is C24H28N2O7S. The molecule has 0 spiro atoms. The molecule has 0 saturated heterocycles. The van der Waals surface area contributed by atoms with Crippen LogP contribution in [0.25, 0.3) is 0 Å². The lowest BCUT2D eigenvalue weighted by Crippen LogP contribution is -2.31. The molecule has 2 N–H and O–H groups in total. The molecule has 9 nitrogen and oxygen atoms in total. The molecule has 0 aliphatic carbocycles. The highest BCUT2D eigenvalue weighted by Crippen LogP contribution is 2.35. The highest BCUT2D eigenvalue weighted by atomic mass is 32.2. The van der Waals surface area contributed by atoms with E-state index >= 15 is 0 Å². The molecule has 2 amide bonds. The van der Waals surface area contributed by atoms with Crippen LogP contribution in [-0.2, 0) is 14.8 Å². The first-order valence-corrected chi connectivity index (χ1v) is 12.7. The Balaban J connectivity index is 1.90. The Bertz CT molecular complexity index is 1160. The average molecular weight is 489 g/mol. The molecule has 0 saturated carbocycles. The first-order chi connectivity index (χ1) is 16.2. The predicted octanol–water partition coefficient (Wildman–Crippen LogP) is 3.91. The number of carbonyl (C=O) groups excluding carboxylic acids is 2. The molecule has 2 aromatic carbocycles. The van der Waals surface area contributed by atoms with Gasteiger partial charge in [0.25, 0.3) is 21.8 Å². The molecule has 1 aliphatic heterocycles. The summed E-state index contributed by atoms with van der Waals surface area (Å²) in [6.07, 6.45) is 3.73. The number of hydrogen-bond acceptors (Lipinski definition) is 6. The van der Waals surface area contributed by atoms with Gasteiger partial charge in [0.05, 0.1) is 28.3 Å². The lowest BCUT2D eigenvalue weighted by Gasteiger charge is -2.15. The van der Waals surface area contributed by atoms with Crippen LogP contribution in [0.4, 0.5) is 5.69 Å². The van der Waals surface area contributed by atoms with Crippen LogP contribution in [0.2, 0.25) is 0 Å². The number of nitrogens with one attached hydrogen (secondary N) is 1. The molecule has 0 unspecified atom stereocenters. The Morgan fingerprint density at radius 1 is 1.00 bits per heavy atom. The normalized spacial score (nSPS) is 13.1. The number of nitrogens with zero attached hydrogens (tertiary/aromatic N) is 1. The quantitative estimate of drug-likeness (QED) is 0.323. The van der Waals surface area contributed by atoms with E-state index in [9.17, 15) is 22.8 Å². The van der Waals surface area contributed by atoms with Crippen molar-refractivity contribution in [3.8, 4) is 5.75 Å². The van der Waals surface area contributed by atoms with Gasteiger partial charge in [0.1, 0.15) is 5.75 Å². The van der Waals surface area contributed by atoms with Gasteiger partial charge >= 0.3 is 5.97 Å². The highest BCUT2D eigenvalue weighted by Gasteiger charge is 2.37. The number of carboxylic acid groups (broad SMARTS) is 1. The van der Waals surface area contributed by atoms with Gasteiger partial charge in [-0.2, -0.15) is 0 Å². The molecule has 0 radical (unpaired) electrons. The molecule has 0 atom stereocenters. The van der Waals surface area contributed by atoms with E-state index in [1.165, 1.54) is 24.3 Å². The molecule has 1 aliphatic rings. The Morgan fingerprint density at radius 3 is 2.32 bits per heavy atom. The van der Waals surface area contributed by atoms with E-state index in [2.05, 4.69) is 11.6 Å². The third-order valence-corrected chi connectivity index (χ3v) is 6.78. The number of amides is 2. The molecule has 10 heteroatoms. The smallest absolute Gasteiger partial charge is 0.303 e. The molecule has 3 rings (SSSR count). The van der Waals surface area contributed by atoms with Crippen LogP contribution in [-0.4, -0.2) is 49.4 Å². The number of benzene rings is 2. The van der Waals surface area contributed by atoms with Gasteiger partial charge in [-0.05, 0) is 37.1 Å². The number of rotatable bonds is 13. The van der Waals surface area contributed by atoms with Crippen molar-refractivity contribution in [2.75, 3.05) is 17.9 Å². The molecule has 34 heavy (non-hydrogen) atoms. The summed E-state index contributed by atoms with van der Waals surface area (Å²) < 4.78 is 34.1. The summed E-state index contributed by atoms with van der Waals surface area (Å²) in [5.74, 6) is -2.02. The van der Waals surface area contributed by atoms with Crippen LogP contribution in [0.1, 0.15) is 66.2 Å². The van der Waals surface area contributed by atoms with Crippen LogP contribution in [0.15, 0.2) is 47.4 Å². The minimum Gasteiger partial charge on any atom is -0.491 e. The number of hydrogen-bond donors (Lipinski definition) is 2. The number of imide groups is 1. The second-order valence-electron chi connectivity index (χ2n) is 7.98. The summed E-state index contributed by atoms with van der Waals surface area (Å²) >= 11 is 0. The van der Waals surface area contributed by atoms with Crippen LogP contribution < -0.4 is 9.46 Å². The van der Waals surface area contributed by atoms with Gasteiger partial charge < -0.3 is 9.84 Å². The number of carboxylic acids is 1. The fraction of sp³-hybridized carbons (Fsp3) is 0.375.